The van der Waals surface area contributed by atoms with Crippen molar-refractivity contribution in [3.05, 3.63) is 64.7 Å². The highest BCUT2D eigenvalue weighted by molar-refractivity contribution is 6.30. The number of hydrogen-bond donors (Lipinski definition) is 4. The minimum absolute atomic E-state index is 0. The summed E-state index contributed by atoms with van der Waals surface area (Å²) in [7, 11) is 0. The molecule has 5 rings (SSSR count). The molecule has 2 heterocycles. The van der Waals surface area contributed by atoms with Gasteiger partial charge in [0, 0.05) is 28.7 Å². The molecule has 0 aromatic heterocycles. The molecule has 6 N–H and O–H groups in total. The van der Waals surface area contributed by atoms with Crippen LogP contribution in [0.4, 0.5) is 5.69 Å². The summed E-state index contributed by atoms with van der Waals surface area (Å²) in [4.78, 5) is 2.67. The molecule has 2 atom stereocenters. The quantitative estimate of drug-likeness (QED) is 0.437. The second-order valence-electron chi connectivity index (χ2n) is 10.1. The second-order valence-corrected chi connectivity index (χ2v) is 10.5. The molecular formula is C26H38Cl3N5. The van der Waals surface area contributed by atoms with Crippen LogP contribution in [0, 0.1) is 11.8 Å². The highest BCUT2D eigenvalue weighted by atomic mass is 35.5. The summed E-state index contributed by atoms with van der Waals surface area (Å²) in [6.07, 6.45) is 8.77. The summed E-state index contributed by atoms with van der Waals surface area (Å²) < 4.78 is 0. The van der Waals surface area contributed by atoms with Gasteiger partial charge < -0.3 is 16.0 Å². The average Bonchev–Trinajstić information content (AvgIpc) is 2.80. The first-order valence-corrected chi connectivity index (χ1v) is 12.6. The topological polar surface area (TPSA) is 79.3 Å². The molecule has 1 aliphatic carbocycles. The lowest BCUT2D eigenvalue weighted by Crippen LogP contribution is -2.75. The molecule has 2 aliphatic heterocycles. The van der Waals surface area contributed by atoms with Crippen molar-refractivity contribution in [1.82, 2.24) is 10.2 Å². The number of hydrogen-bond acceptors (Lipinski definition) is 5. The first-order valence-electron chi connectivity index (χ1n) is 12.2. The fourth-order valence-corrected chi connectivity index (χ4v) is 6.16. The van der Waals surface area contributed by atoms with Gasteiger partial charge in [-0.2, -0.15) is 0 Å². The molecule has 34 heavy (non-hydrogen) atoms. The van der Waals surface area contributed by atoms with E-state index in [1.807, 2.05) is 36.4 Å². The van der Waals surface area contributed by atoms with E-state index in [-0.39, 0.29) is 24.8 Å². The van der Waals surface area contributed by atoms with Gasteiger partial charge in [-0.25, -0.2) is 0 Å². The SMILES string of the molecule is Cl.Cl.NC1(c2ccc(Cl)cc2)NC(N)(C2CCC(CN3CCCCC3)CC2)Nc2ccccc21. The van der Waals surface area contributed by atoms with Crippen LogP contribution >= 0.6 is 36.4 Å². The molecule has 2 fully saturated rings. The van der Waals surface area contributed by atoms with Crippen molar-refractivity contribution in [3.8, 4) is 0 Å². The van der Waals surface area contributed by atoms with Crippen LogP contribution in [0.2, 0.25) is 5.02 Å². The van der Waals surface area contributed by atoms with Crippen LogP contribution in [0.1, 0.15) is 56.1 Å². The van der Waals surface area contributed by atoms with Gasteiger partial charge in [0.2, 0.25) is 0 Å². The highest BCUT2D eigenvalue weighted by Gasteiger charge is 2.48. The van der Waals surface area contributed by atoms with E-state index >= 15 is 0 Å². The maximum absolute atomic E-state index is 7.09. The lowest BCUT2D eigenvalue weighted by atomic mass is 9.76. The van der Waals surface area contributed by atoms with Gasteiger partial charge in [-0.15, -0.1) is 24.8 Å². The van der Waals surface area contributed by atoms with Crippen LogP contribution in [0.3, 0.4) is 0 Å². The van der Waals surface area contributed by atoms with Gasteiger partial charge in [-0.05, 0) is 81.3 Å². The minimum atomic E-state index is -0.883. The number of likely N-dealkylation sites (tertiary alicyclic amines) is 1. The van der Waals surface area contributed by atoms with E-state index in [0.717, 1.165) is 35.6 Å². The van der Waals surface area contributed by atoms with Gasteiger partial charge in [0.05, 0.1) is 0 Å². The summed E-state index contributed by atoms with van der Waals surface area (Å²) >= 11 is 6.16. The van der Waals surface area contributed by atoms with E-state index in [2.05, 4.69) is 27.7 Å². The van der Waals surface area contributed by atoms with E-state index in [1.165, 1.54) is 51.7 Å². The fourth-order valence-electron chi connectivity index (χ4n) is 6.04. The standard InChI is InChI=1S/C26H36ClN5.2ClH/c27-22-14-12-20(13-15-22)25(28)23-6-2-3-7-24(23)30-26(29,31-25)21-10-8-19(9-11-21)18-32-16-4-1-5-17-32;;/h2-3,6-7,12-15,19,21,30-31H,1,4-5,8-11,16-18,28-29H2;2*1H. The Hall–Kier alpha value is -1.05. The third-order valence-electron chi connectivity index (χ3n) is 7.85. The maximum Gasteiger partial charge on any atom is 0.146 e. The smallest absolute Gasteiger partial charge is 0.146 e. The van der Waals surface area contributed by atoms with Crippen LogP contribution in [0.5, 0.6) is 0 Å². The van der Waals surface area contributed by atoms with Crippen LogP contribution in [0.15, 0.2) is 48.5 Å². The van der Waals surface area contributed by atoms with Crippen molar-refractivity contribution in [2.24, 2.45) is 23.3 Å². The van der Waals surface area contributed by atoms with Gasteiger partial charge in [0.1, 0.15) is 11.4 Å². The Morgan fingerprint density at radius 2 is 1.53 bits per heavy atom. The monoisotopic (exact) mass is 525 g/mol. The number of halogens is 3. The third kappa shape index (κ3) is 5.52. The summed E-state index contributed by atoms with van der Waals surface area (Å²) in [6.45, 7) is 3.80. The Bertz CT molecular complexity index is 928. The molecule has 0 spiro atoms. The van der Waals surface area contributed by atoms with Gasteiger partial charge in [-0.3, -0.25) is 11.1 Å². The van der Waals surface area contributed by atoms with Crippen molar-refractivity contribution in [3.63, 3.8) is 0 Å². The number of piperidine rings is 1. The summed E-state index contributed by atoms with van der Waals surface area (Å²) in [5.41, 5.74) is 16.3. The van der Waals surface area contributed by atoms with Crippen LogP contribution in [-0.4, -0.2) is 30.3 Å². The van der Waals surface area contributed by atoms with Crippen molar-refractivity contribution in [2.75, 3.05) is 25.0 Å². The predicted molar refractivity (Wildman–Crippen MR) is 147 cm³/mol. The number of anilines is 1. The molecule has 5 nitrogen and oxygen atoms in total. The molecule has 2 unspecified atom stereocenters. The van der Waals surface area contributed by atoms with Crippen molar-refractivity contribution in [2.45, 2.75) is 56.4 Å². The molecular weight excluding hydrogens is 489 g/mol. The van der Waals surface area contributed by atoms with E-state index in [9.17, 15) is 0 Å². The molecule has 0 bridgehead atoms. The first-order chi connectivity index (χ1) is 15.5. The number of nitrogens with zero attached hydrogens (tertiary/aromatic N) is 1. The zero-order valence-corrected chi connectivity index (χ0v) is 22.0. The molecule has 8 heteroatoms. The Labute approximate surface area is 221 Å². The molecule has 0 radical (unpaired) electrons. The van der Waals surface area contributed by atoms with Crippen molar-refractivity contribution in [1.29, 1.82) is 0 Å². The normalized spacial score (nSPS) is 31.4. The Balaban J connectivity index is 0.00000162. The molecule has 1 saturated carbocycles. The van der Waals surface area contributed by atoms with Gasteiger partial charge in [-0.1, -0.05) is 48.4 Å². The Morgan fingerprint density at radius 1 is 0.882 bits per heavy atom. The number of nitrogens with two attached hydrogens (primary N) is 2. The molecule has 2 aromatic carbocycles. The van der Waals surface area contributed by atoms with Crippen molar-refractivity contribution >= 4 is 42.1 Å². The van der Waals surface area contributed by atoms with E-state index in [1.54, 1.807) is 0 Å². The molecule has 3 aliphatic rings. The minimum Gasteiger partial charge on any atom is -0.355 e. The highest BCUT2D eigenvalue weighted by Crippen LogP contribution is 2.42. The number of fused-ring (bicyclic) bond motifs is 1. The summed E-state index contributed by atoms with van der Waals surface area (Å²) in [5, 5.41) is 7.98. The number of benzene rings is 2. The summed E-state index contributed by atoms with van der Waals surface area (Å²) in [5.74, 6) is 0.324. The first kappa shape index (κ1) is 27.5. The lowest BCUT2D eigenvalue weighted by molar-refractivity contribution is 0.104. The van der Waals surface area contributed by atoms with Crippen LogP contribution in [0.25, 0.3) is 0 Å². The maximum atomic E-state index is 7.09. The van der Waals surface area contributed by atoms with Crippen molar-refractivity contribution < 1.29 is 0 Å². The third-order valence-corrected chi connectivity index (χ3v) is 8.10. The lowest BCUT2D eigenvalue weighted by Gasteiger charge is -2.52. The number of para-hydroxylation sites is 1. The van der Waals surface area contributed by atoms with Crippen LogP contribution in [-0.2, 0) is 5.66 Å². The number of nitrogens with one attached hydrogen (secondary N) is 2. The number of rotatable bonds is 4. The molecule has 1 saturated heterocycles. The molecule has 0 amide bonds. The molecule has 188 valence electrons. The van der Waals surface area contributed by atoms with Gasteiger partial charge >= 0.3 is 0 Å². The Kier molecular flexibility index (Phi) is 9.18. The second kappa shape index (κ2) is 11.3. The summed E-state index contributed by atoms with van der Waals surface area (Å²) in [6, 6.07) is 16.0. The fraction of sp³-hybridized carbons (Fsp3) is 0.538. The zero-order valence-electron chi connectivity index (χ0n) is 19.6. The van der Waals surface area contributed by atoms with E-state index in [0.29, 0.717) is 10.9 Å². The van der Waals surface area contributed by atoms with E-state index < -0.39 is 11.4 Å². The molecule has 2 aromatic rings. The van der Waals surface area contributed by atoms with Gasteiger partial charge in [0.15, 0.2) is 0 Å². The Morgan fingerprint density at radius 3 is 2.21 bits per heavy atom. The zero-order chi connectivity index (χ0) is 22.2. The predicted octanol–water partition coefficient (Wildman–Crippen LogP) is 5.26. The van der Waals surface area contributed by atoms with E-state index in [4.69, 9.17) is 23.1 Å². The van der Waals surface area contributed by atoms with Crippen LogP contribution < -0.4 is 22.1 Å². The average molecular weight is 527 g/mol. The van der Waals surface area contributed by atoms with Gasteiger partial charge in [0.25, 0.3) is 0 Å². The largest absolute Gasteiger partial charge is 0.355 e.